The zero-order valence-electron chi connectivity index (χ0n) is 17.6. The Balaban J connectivity index is 2.21. The monoisotopic (exact) mass is 381 g/mol. The van der Waals surface area contributed by atoms with E-state index >= 15 is 0 Å². The Bertz CT molecular complexity index is 828. The minimum Gasteiger partial charge on any atom is -0.372 e. The maximum atomic E-state index is 12.6. The normalized spacial score (nSPS) is 10.5. The molecular weight excluding hydrogens is 350 g/mol. The number of benzene rings is 2. The summed E-state index contributed by atoms with van der Waals surface area (Å²) in [5.74, 6) is -0.360. The molecule has 0 fully saturated rings. The summed E-state index contributed by atoms with van der Waals surface area (Å²) < 4.78 is 0. The number of para-hydroxylation sites is 1. The van der Waals surface area contributed by atoms with E-state index in [-0.39, 0.29) is 18.4 Å². The molecule has 0 spiro atoms. The molecule has 5 heteroatoms. The van der Waals surface area contributed by atoms with E-state index in [0.29, 0.717) is 0 Å². The van der Waals surface area contributed by atoms with E-state index in [0.717, 1.165) is 47.7 Å². The average molecular weight is 382 g/mol. The molecule has 0 aromatic heterocycles. The van der Waals surface area contributed by atoms with Crippen LogP contribution in [0.5, 0.6) is 0 Å². The predicted molar refractivity (Wildman–Crippen MR) is 117 cm³/mol. The number of nitrogens with one attached hydrogen (secondary N) is 1. The number of carbonyl (C=O) groups is 2. The Hall–Kier alpha value is -2.82. The molecule has 0 aliphatic carbocycles. The second-order valence-corrected chi connectivity index (χ2v) is 6.81. The molecule has 0 atom stereocenters. The molecule has 2 rings (SSSR count). The SMILES string of the molecule is CCc1ccccc1NC(=O)CN(C(C)=O)c1ccc(N(CC)CC)cc1C. The zero-order valence-corrected chi connectivity index (χ0v) is 17.6. The number of anilines is 3. The third-order valence-electron chi connectivity index (χ3n) is 4.95. The lowest BCUT2D eigenvalue weighted by molar-refractivity contribution is -0.120. The van der Waals surface area contributed by atoms with Gasteiger partial charge in [-0.05, 0) is 62.6 Å². The van der Waals surface area contributed by atoms with Gasteiger partial charge < -0.3 is 15.1 Å². The Kier molecular flexibility index (Phi) is 7.61. The van der Waals surface area contributed by atoms with Gasteiger partial charge in [0.2, 0.25) is 11.8 Å². The first-order valence-electron chi connectivity index (χ1n) is 9.92. The topological polar surface area (TPSA) is 52.7 Å². The van der Waals surface area contributed by atoms with E-state index in [2.05, 4.69) is 30.1 Å². The summed E-state index contributed by atoms with van der Waals surface area (Å²) in [6, 6.07) is 13.7. The van der Waals surface area contributed by atoms with Crippen LogP contribution >= 0.6 is 0 Å². The van der Waals surface area contributed by atoms with Crippen LogP contribution < -0.4 is 15.1 Å². The summed E-state index contributed by atoms with van der Waals surface area (Å²) in [4.78, 5) is 28.7. The van der Waals surface area contributed by atoms with Gasteiger partial charge >= 0.3 is 0 Å². The van der Waals surface area contributed by atoms with Crippen molar-refractivity contribution in [3.63, 3.8) is 0 Å². The molecular formula is C23H31N3O2. The molecule has 0 saturated carbocycles. The van der Waals surface area contributed by atoms with Gasteiger partial charge in [0, 0.05) is 37.1 Å². The fourth-order valence-electron chi connectivity index (χ4n) is 3.38. The van der Waals surface area contributed by atoms with Crippen molar-refractivity contribution in [3.8, 4) is 0 Å². The molecule has 0 aliphatic rings. The first-order chi connectivity index (χ1) is 13.4. The number of amides is 2. The Labute approximate surface area is 168 Å². The van der Waals surface area contributed by atoms with Gasteiger partial charge in [0.05, 0.1) is 0 Å². The van der Waals surface area contributed by atoms with Crippen LogP contribution in [0.4, 0.5) is 17.1 Å². The molecule has 0 saturated heterocycles. The molecule has 2 amide bonds. The van der Waals surface area contributed by atoms with Gasteiger partial charge in [-0.15, -0.1) is 0 Å². The van der Waals surface area contributed by atoms with Crippen LogP contribution in [0.25, 0.3) is 0 Å². The number of carbonyl (C=O) groups excluding carboxylic acids is 2. The quantitative estimate of drug-likeness (QED) is 0.738. The molecule has 1 N–H and O–H groups in total. The third-order valence-corrected chi connectivity index (χ3v) is 4.95. The molecule has 0 aliphatic heterocycles. The van der Waals surface area contributed by atoms with Crippen LogP contribution in [0.1, 0.15) is 38.8 Å². The predicted octanol–water partition coefficient (Wildman–Crippen LogP) is 4.40. The molecule has 2 aromatic carbocycles. The third kappa shape index (κ3) is 5.12. The van der Waals surface area contributed by atoms with Crippen LogP contribution in [0.15, 0.2) is 42.5 Å². The minimum atomic E-state index is -0.205. The highest BCUT2D eigenvalue weighted by Gasteiger charge is 2.19. The Morgan fingerprint density at radius 2 is 1.68 bits per heavy atom. The first kappa shape index (κ1) is 21.5. The smallest absolute Gasteiger partial charge is 0.244 e. The summed E-state index contributed by atoms with van der Waals surface area (Å²) >= 11 is 0. The van der Waals surface area contributed by atoms with Gasteiger partial charge in [0.25, 0.3) is 0 Å². The summed E-state index contributed by atoms with van der Waals surface area (Å²) in [6.45, 7) is 11.6. The second kappa shape index (κ2) is 9.93. The molecule has 0 radical (unpaired) electrons. The second-order valence-electron chi connectivity index (χ2n) is 6.81. The highest BCUT2D eigenvalue weighted by Crippen LogP contribution is 2.26. The first-order valence-corrected chi connectivity index (χ1v) is 9.92. The van der Waals surface area contributed by atoms with E-state index in [1.165, 1.54) is 11.8 Å². The van der Waals surface area contributed by atoms with Crippen molar-refractivity contribution >= 4 is 28.9 Å². The number of aryl methyl sites for hydroxylation is 2. The molecule has 2 aromatic rings. The van der Waals surface area contributed by atoms with E-state index in [9.17, 15) is 9.59 Å². The van der Waals surface area contributed by atoms with Crippen molar-refractivity contribution in [1.29, 1.82) is 0 Å². The van der Waals surface area contributed by atoms with Crippen molar-refractivity contribution in [2.24, 2.45) is 0 Å². The average Bonchev–Trinajstić information content (AvgIpc) is 2.68. The van der Waals surface area contributed by atoms with Crippen LogP contribution in [-0.4, -0.2) is 31.4 Å². The van der Waals surface area contributed by atoms with Gasteiger partial charge in [-0.25, -0.2) is 0 Å². The molecule has 0 heterocycles. The van der Waals surface area contributed by atoms with Crippen molar-refractivity contribution in [1.82, 2.24) is 0 Å². The van der Waals surface area contributed by atoms with Crippen LogP contribution in [0, 0.1) is 6.92 Å². The van der Waals surface area contributed by atoms with E-state index < -0.39 is 0 Å². The Morgan fingerprint density at radius 1 is 1.00 bits per heavy atom. The van der Waals surface area contributed by atoms with Crippen molar-refractivity contribution in [2.75, 3.05) is 34.8 Å². The van der Waals surface area contributed by atoms with Gasteiger partial charge in [0.15, 0.2) is 0 Å². The van der Waals surface area contributed by atoms with Gasteiger partial charge in [-0.1, -0.05) is 25.1 Å². The summed E-state index contributed by atoms with van der Waals surface area (Å²) in [5, 5.41) is 2.94. The number of hydrogen-bond donors (Lipinski definition) is 1. The maximum Gasteiger partial charge on any atom is 0.244 e. The fraction of sp³-hybridized carbons (Fsp3) is 0.391. The van der Waals surface area contributed by atoms with E-state index in [1.54, 1.807) is 0 Å². The largest absolute Gasteiger partial charge is 0.372 e. The highest BCUT2D eigenvalue weighted by molar-refractivity contribution is 6.02. The van der Waals surface area contributed by atoms with E-state index in [1.807, 2.05) is 50.2 Å². The summed E-state index contributed by atoms with van der Waals surface area (Å²) in [6.07, 6.45) is 0.832. The van der Waals surface area contributed by atoms with Crippen LogP contribution in [0.2, 0.25) is 0 Å². The molecule has 28 heavy (non-hydrogen) atoms. The lowest BCUT2D eigenvalue weighted by Crippen LogP contribution is -2.37. The maximum absolute atomic E-state index is 12.6. The van der Waals surface area contributed by atoms with Crippen molar-refractivity contribution in [3.05, 3.63) is 53.6 Å². The van der Waals surface area contributed by atoms with Gasteiger partial charge in [-0.3, -0.25) is 9.59 Å². The van der Waals surface area contributed by atoms with Crippen LogP contribution in [0.3, 0.4) is 0 Å². The lowest BCUT2D eigenvalue weighted by atomic mass is 10.1. The lowest BCUT2D eigenvalue weighted by Gasteiger charge is -2.26. The minimum absolute atomic E-state index is 0.0150. The standard InChI is InChI=1S/C23H31N3O2/c1-6-19-11-9-10-12-21(19)24-23(28)16-26(18(5)27)22-14-13-20(15-17(22)4)25(7-2)8-3/h9-15H,6-8,16H2,1-5H3,(H,24,28). The molecule has 0 unspecified atom stereocenters. The van der Waals surface area contributed by atoms with Crippen molar-refractivity contribution in [2.45, 2.75) is 41.0 Å². The molecule has 150 valence electrons. The number of nitrogens with zero attached hydrogens (tertiary/aromatic N) is 2. The zero-order chi connectivity index (χ0) is 20.7. The molecule has 0 bridgehead atoms. The van der Waals surface area contributed by atoms with Crippen molar-refractivity contribution < 1.29 is 9.59 Å². The van der Waals surface area contributed by atoms with E-state index in [4.69, 9.17) is 0 Å². The summed E-state index contributed by atoms with van der Waals surface area (Å²) in [5.41, 5.74) is 4.73. The number of hydrogen-bond acceptors (Lipinski definition) is 3. The highest BCUT2D eigenvalue weighted by atomic mass is 16.2. The Morgan fingerprint density at radius 3 is 2.25 bits per heavy atom. The van der Waals surface area contributed by atoms with Gasteiger partial charge in [0.1, 0.15) is 6.54 Å². The number of rotatable bonds is 8. The fourth-order valence-corrected chi connectivity index (χ4v) is 3.38. The molecule has 5 nitrogen and oxygen atoms in total. The van der Waals surface area contributed by atoms with Crippen LogP contribution in [-0.2, 0) is 16.0 Å². The summed E-state index contributed by atoms with van der Waals surface area (Å²) in [7, 11) is 0. The van der Waals surface area contributed by atoms with Gasteiger partial charge in [-0.2, -0.15) is 0 Å².